The fraction of sp³-hybridized carbons (Fsp3) is 0.154. The molecule has 106 valence electrons. The van der Waals surface area contributed by atoms with Gasteiger partial charge < -0.3 is 0 Å². The van der Waals surface area contributed by atoms with Gasteiger partial charge in [0.05, 0.1) is 16.8 Å². The molecule has 8 heteroatoms. The maximum Gasteiger partial charge on any atom is 0.292 e. The van der Waals surface area contributed by atoms with Crippen LogP contribution in [0.1, 0.15) is 12.8 Å². The number of imide groups is 1. The molecule has 0 bridgehead atoms. The summed E-state index contributed by atoms with van der Waals surface area (Å²) in [5, 5.41) is 9.58. The van der Waals surface area contributed by atoms with Gasteiger partial charge >= 0.3 is 0 Å². The number of rotatable bonds is 3. The summed E-state index contributed by atoms with van der Waals surface area (Å²) < 4.78 is 0. The molecule has 3 amide bonds. The Hall–Kier alpha value is -2.54. The van der Waals surface area contributed by atoms with Crippen LogP contribution < -0.4 is 5.01 Å². The van der Waals surface area contributed by atoms with Crippen LogP contribution >= 0.6 is 11.6 Å². The van der Waals surface area contributed by atoms with Crippen molar-refractivity contribution in [2.75, 3.05) is 5.01 Å². The monoisotopic (exact) mass is 304 g/mol. The molecule has 0 atom stereocenters. The number of halogens is 1. The summed E-state index contributed by atoms with van der Waals surface area (Å²) in [6.07, 6.45) is 1.36. The highest BCUT2D eigenvalue weighted by Crippen LogP contribution is 2.33. The minimum absolute atomic E-state index is 0.0803. The Bertz CT molecular complexity index is 697. The molecule has 0 N–H and O–H groups in total. The third kappa shape index (κ3) is 2.31. The van der Waals surface area contributed by atoms with Gasteiger partial charge in [-0.05, 0) is 12.1 Å². The Labute approximate surface area is 124 Å². The summed E-state index contributed by atoms with van der Waals surface area (Å²) in [4.78, 5) is 35.2. The molecule has 2 aliphatic heterocycles. The average molecular weight is 305 g/mol. The molecule has 1 fully saturated rings. The Balaban J connectivity index is 2.12. The smallest absolute Gasteiger partial charge is 0.272 e. The van der Waals surface area contributed by atoms with Crippen molar-refractivity contribution in [3.63, 3.8) is 0 Å². The minimum atomic E-state index is -0.554. The van der Waals surface area contributed by atoms with Crippen molar-refractivity contribution in [1.82, 2.24) is 5.01 Å². The largest absolute Gasteiger partial charge is 0.292 e. The molecule has 0 aliphatic carbocycles. The molecule has 0 saturated carbocycles. The van der Waals surface area contributed by atoms with Crippen LogP contribution in [0.25, 0.3) is 0 Å². The molecule has 1 saturated heterocycles. The van der Waals surface area contributed by atoms with Crippen LogP contribution in [0.15, 0.2) is 46.4 Å². The Morgan fingerprint density at radius 3 is 2.29 bits per heavy atom. The number of benzene rings is 1. The second-order valence-electron chi connectivity index (χ2n) is 4.40. The number of azo groups is 1. The van der Waals surface area contributed by atoms with Gasteiger partial charge in [-0.25, -0.2) is 5.01 Å². The Kier molecular flexibility index (Phi) is 3.26. The first-order valence-corrected chi connectivity index (χ1v) is 6.53. The van der Waals surface area contributed by atoms with E-state index in [1.165, 1.54) is 5.01 Å². The second-order valence-corrected chi connectivity index (χ2v) is 4.81. The lowest BCUT2D eigenvalue weighted by atomic mass is 10.3. The number of anilines is 1. The summed E-state index contributed by atoms with van der Waals surface area (Å²) in [5.41, 5.74) is 0.377. The van der Waals surface area contributed by atoms with E-state index in [0.717, 1.165) is 11.1 Å². The van der Waals surface area contributed by atoms with Crippen LogP contribution in [0.4, 0.5) is 5.69 Å². The first-order valence-electron chi connectivity index (χ1n) is 6.15. The molecule has 0 unspecified atom stereocenters. The molecule has 21 heavy (non-hydrogen) atoms. The number of para-hydroxylation sites is 1. The van der Waals surface area contributed by atoms with Gasteiger partial charge in [0.25, 0.3) is 5.91 Å². The van der Waals surface area contributed by atoms with Crippen molar-refractivity contribution in [1.29, 1.82) is 0 Å². The van der Waals surface area contributed by atoms with E-state index < -0.39 is 5.91 Å². The fourth-order valence-corrected chi connectivity index (χ4v) is 2.33. The second kappa shape index (κ2) is 5.10. The number of nitrogens with zero attached hydrogens (tertiary/aromatic N) is 4. The van der Waals surface area contributed by atoms with E-state index in [9.17, 15) is 14.4 Å². The summed E-state index contributed by atoms with van der Waals surface area (Å²) in [6.45, 7) is 0. The van der Waals surface area contributed by atoms with E-state index in [1.54, 1.807) is 24.3 Å². The predicted octanol–water partition coefficient (Wildman–Crippen LogP) is 2.04. The average Bonchev–Trinajstić information content (AvgIpc) is 3.02. The van der Waals surface area contributed by atoms with Crippen LogP contribution in [0.2, 0.25) is 5.02 Å². The molecule has 1 aromatic rings. The zero-order chi connectivity index (χ0) is 15.0. The molecule has 2 aliphatic rings. The molecule has 2 heterocycles. The van der Waals surface area contributed by atoms with Crippen LogP contribution in [0.5, 0.6) is 0 Å². The standard InChI is InChI=1S/C13H9ClN4O3/c14-8-3-1-2-4-9(8)17(10-7-11(19)16-15-10)18-12(20)5-6-13(18)21/h1-4,7H,5-6H2. The third-order valence-electron chi connectivity index (χ3n) is 3.03. The number of hydrogen-bond acceptors (Lipinski definition) is 5. The van der Waals surface area contributed by atoms with E-state index in [1.807, 2.05) is 0 Å². The van der Waals surface area contributed by atoms with E-state index in [0.29, 0.717) is 10.7 Å². The molecule has 3 rings (SSSR count). The van der Waals surface area contributed by atoms with Crippen LogP contribution in [0.3, 0.4) is 0 Å². The van der Waals surface area contributed by atoms with Gasteiger partial charge in [0.15, 0.2) is 5.82 Å². The van der Waals surface area contributed by atoms with Gasteiger partial charge in [0.2, 0.25) is 11.8 Å². The van der Waals surface area contributed by atoms with Crippen molar-refractivity contribution < 1.29 is 14.4 Å². The third-order valence-corrected chi connectivity index (χ3v) is 3.35. The first kappa shape index (κ1) is 13.4. The molecule has 7 nitrogen and oxygen atoms in total. The van der Waals surface area contributed by atoms with Crippen molar-refractivity contribution in [3.8, 4) is 0 Å². The maximum atomic E-state index is 12.0. The zero-order valence-corrected chi connectivity index (χ0v) is 11.4. The highest BCUT2D eigenvalue weighted by molar-refractivity contribution is 6.33. The predicted molar refractivity (Wildman–Crippen MR) is 73.0 cm³/mol. The van der Waals surface area contributed by atoms with Crippen molar-refractivity contribution >= 4 is 35.0 Å². The van der Waals surface area contributed by atoms with Gasteiger partial charge in [0, 0.05) is 12.8 Å². The Morgan fingerprint density at radius 1 is 1.05 bits per heavy atom. The van der Waals surface area contributed by atoms with Crippen LogP contribution in [0, 0.1) is 0 Å². The van der Waals surface area contributed by atoms with Crippen LogP contribution in [-0.4, -0.2) is 22.7 Å². The molecule has 1 aromatic carbocycles. The molecular weight excluding hydrogens is 296 g/mol. The molecular formula is C13H9ClN4O3. The normalized spacial score (nSPS) is 17.7. The summed E-state index contributed by atoms with van der Waals surface area (Å²) in [7, 11) is 0. The lowest BCUT2D eigenvalue weighted by molar-refractivity contribution is -0.138. The number of hydrogen-bond donors (Lipinski definition) is 0. The molecule has 0 spiro atoms. The Morgan fingerprint density at radius 2 is 1.71 bits per heavy atom. The van der Waals surface area contributed by atoms with Gasteiger partial charge in [-0.2, -0.15) is 5.01 Å². The minimum Gasteiger partial charge on any atom is -0.272 e. The van der Waals surface area contributed by atoms with E-state index in [4.69, 9.17) is 11.6 Å². The van der Waals surface area contributed by atoms with Crippen molar-refractivity contribution in [2.45, 2.75) is 12.8 Å². The highest BCUT2D eigenvalue weighted by Gasteiger charge is 2.38. The number of carbonyl (C=O) groups excluding carboxylic acids is 3. The first-order chi connectivity index (χ1) is 10.1. The summed E-state index contributed by atoms with van der Waals surface area (Å²) in [5.74, 6) is -1.23. The van der Waals surface area contributed by atoms with E-state index in [2.05, 4.69) is 10.2 Å². The van der Waals surface area contributed by atoms with Gasteiger partial charge in [-0.15, -0.1) is 10.2 Å². The van der Waals surface area contributed by atoms with Crippen molar-refractivity contribution in [3.05, 3.63) is 41.2 Å². The SMILES string of the molecule is O=C1C=C(N(c2ccccc2Cl)N2C(=O)CCC2=O)N=N1. The zero-order valence-electron chi connectivity index (χ0n) is 10.7. The number of carbonyl (C=O) groups is 3. The van der Waals surface area contributed by atoms with Gasteiger partial charge in [0.1, 0.15) is 0 Å². The van der Waals surface area contributed by atoms with E-state index in [-0.39, 0.29) is 30.5 Å². The van der Waals surface area contributed by atoms with Crippen LogP contribution in [-0.2, 0) is 14.4 Å². The highest BCUT2D eigenvalue weighted by atomic mass is 35.5. The van der Waals surface area contributed by atoms with Gasteiger partial charge in [-0.3, -0.25) is 14.4 Å². The number of hydrazine groups is 1. The van der Waals surface area contributed by atoms with Crippen molar-refractivity contribution in [2.24, 2.45) is 10.2 Å². The lowest BCUT2D eigenvalue weighted by Gasteiger charge is -2.30. The van der Waals surface area contributed by atoms with E-state index >= 15 is 0 Å². The summed E-state index contributed by atoms with van der Waals surface area (Å²) in [6, 6.07) is 6.66. The topological polar surface area (TPSA) is 82.4 Å². The summed E-state index contributed by atoms with van der Waals surface area (Å²) >= 11 is 6.13. The van der Waals surface area contributed by atoms with Gasteiger partial charge in [-0.1, -0.05) is 23.7 Å². The maximum absolute atomic E-state index is 12.0. The molecule has 0 aromatic heterocycles. The lowest BCUT2D eigenvalue weighted by Crippen LogP contribution is -2.45. The fourth-order valence-electron chi connectivity index (χ4n) is 2.12. The number of amides is 3. The quantitative estimate of drug-likeness (QED) is 0.800. The molecule has 0 radical (unpaired) electrons.